The Balaban J connectivity index is 0.000000251. The number of benzene rings is 4. The molecule has 8 heteroatoms. The quantitative estimate of drug-likeness (QED) is 0.0776. The number of nitro benzene ring substituents is 1. The van der Waals surface area contributed by atoms with E-state index in [0.717, 1.165) is 6.42 Å². The van der Waals surface area contributed by atoms with Crippen LogP contribution in [0, 0.1) is 16.7 Å². The number of halogens is 2. The zero-order chi connectivity index (χ0) is 34.7. The molecule has 1 saturated heterocycles. The van der Waals surface area contributed by atoms with E-state index in [2.05, 4.69) is 121 Å². The van der Waals surface area contributed by atoms with Crippen LogP contribution in [-0.2, 0) is 18.9 Å². The minimum atomic E-state index is -2.05. The summed E-state index contributed by atoms with van der Waals surface area (Å²) in [5.74, 6) is 1.55. The Morgan fingerprint density at radius 1 is 0.894 bits per heavy atom. The molecule has 5 rings (SSSR count). The van der Waals surface area contributed by atoms with Crippen molar-refractivity contribution in [3.8, 4) is 5.75 Å². The maximum atomic E-state index is 10.7. The fourth-order valence-electron chi connectivity index (χ4n) is 6.71. The van der Waals surface area contributed by atoms with Gasteiger partial charge in [0.05, 0.1) is 0 Å². The number of nitrogens with zero attached hydrogens (tertiary/aromatic N) is 2. The summed E-state index contributed by atoms with van der Waals surface area (Å²) in [6.45, 7) is 22.8. The van der Waals surface area contributed by atoms with Crippen molar-refractivity contribution in [2.24, 2.45) is 0 Å². The van der Waals surface area contributed by atoms with Crippen molar-refractivity contribution in [2.45, 2.75) is 97.6 Å². The van der Waals surface area contributed by atoms with Crippen molar-refractivity contribution < 1.29 is 23.2 Å². The predicted molar refractivity (Wildman–Crippen MR) is 197 cm³/mol. The van der Waals surface area contributed by atoms with Crippen LogP contribution in [-0.4, -0.2) is 21.2 Å². The molecule has 47 heavy (non-hydrogen) atoms. The monoisotopic (exact) mass is 763 g/mol. The molecular formula is C39H47Cl2N2O3Ru-. The van der Waals surface area contributed by atoms with Crippen LogP contribution >= 0.6 is 19.4 Å². The maximum Gasteiger partial charge on any atom is 0.0145 e. The molecule has 0 bridgehead atoms. The molecule has 0 saturated carbocycles. The van der Waals surface area contributed by atoms with Crippen molar-refractivity contribution >= 4 is 46.1 Å². The van der Waals surface area contributed by atoms with Crippen LogP contribution in [0.3, 0.4) is 0 Å². The molecule has 1 heterocycles. The molecule has 254 valence electrons. The first kappa shape index (κ1) is 37.0. The van der Waals surface area contributed by atoms with E-state index in [9.17, 15) is 10.1 Å². The van der Waals surface area contributed by atoms with Gasteiger partial charge in [-0.25, -0.2) is 6.54 Å². The summed E-state index contributed by atoms with van der Waals surface area (Å²) < 4.78 is 7.17. The third kappa shape index (κ3) is 8.63. The summed E-state index contributed by atoms with van der Waals surface area (Å²) >= 11 is -2.05. The number of fused-ring (bicyclic) bond motifs is 1. The Morgan fingerprint density at radius 3 is 2.06 bits per heavy atom. The number of para-hydroxylation sites is 1. The Hall–Kier alpha value is -2.79. The molecule has 0 radical (unpaired) electrons. The number of non-ortho nitro benzene ring substituents is 1. The Morgan fingerprint density at radius 2 is 1.49 bits per heavy atom. The molecule has 5 nitrogen and oxygen atoms in total. The molecule has 0 aliphatic carbocycles. The molecule has 0 amide bonds. The van der Waals surface area contributed by atoms with E-state index in [0.29, 0.717) is 23.1 Å². The number of rotatable bonds is 8. The number of ether oxygens (including phenoxy) is 1. The normalized spacial score (nSPS) is 17.6. The van der Waals surface area contributed by atoms with Crippen LogP contribution in [0.25, 0.3) is 10.8 Å². The van der Waals surface area contributed by atoms with Gasteiger partial charge in [-0.15, -0.1) is 5.41 Å². The molecule has 0 aromatic heterocycles. The SMILES string of the molecule is CC(C)Oc1ccc([N+](=O)[O-])cc1[CH]=[Ru]([Cl])[Cl].CC(C)c1cccc(C(C)C)c1N1[CH-]C(C)(c2cccc3ccccc23)CC1(C)C. The zero-order valence-electron chi connectivity index (χ0n) is 28.8. The van der Waals surface area contributed by atoms with Gasteiger partial charge in [0.2, 0.25) is 0 Å². The van der Waals surface area contributed by atoms with Crippen LogP contribution in [0.4, 0.5) is 11.4 Å². The summed E-state index contributed by atoms with van der Waals surface area (Å²) in [5.41, 5.74) is 6.37. The first-order valence-electron chi connectivity index (χ1n) is 16.1. The second-order valence-electron chi connectivity index (χ2n) is 14.0. The van der Waals surface area contributed by atoms with Crippen molar-refractivity contribution in [1.82, 2.24) is 0 Å². The van der Waals surface area contributed by atoms with E-state index in [1.54, 1.807) is 10.7 Å². The molecule has 0 spiro atoms. The van der Waals surface area contributed by atoms with E-state index in [1.165, 1.54) is 45.3 Å². The minimum absolute atomic E-state index is 0.00360. The molecule has 1 unspecified atom stereocenters. The van der Waals surface area contributed by atoms with Gasteiger partial charge >= 0.3 is 112 Å². The van der Waals surface area contributed by atoms with Crippen molar-refractivity contribution in [1.29, 1.82) is 0 Å². The number of anilines is 1. The van der Waals surface area contributed by atoms with Gasteiger partial charge in [-0.05, 0) is 54.0 Å². The molecule has 0 N–H and O–H groups in total. The molecule has 4 aromatic carbocycles. The first-order chi connectivity index (χ1) is 22.0. The summed E-state index contributed by atoms with van der Waals surface area (Å²) in [6.07, 6.45) is 1.08. The first-order valence-corrected chi connectivity index (χ1v) is 21.6. The predicted octanol–water partition coefficient (Wildman–Crippen LogP) is 11.7. The van der Waals surface area contributed by atoms with Crippen molar-refractivity contribution in [3.05, 3.63) is 118 Å². The van der Waals surface area contributed by atoms with Gasteiger partial charge in [0, 0.05) is 11.2 Å². The van der Waals surface area contributed by atoms with Gasteiger partial charge in [0.25, 0.3) is 0 Å². The zero-order valence-corrected chi connectivity index (χ0v) is 32.1. The molecule has 1 aliphatic heterocycles. The molecule has 1 aliphatic rings. The fraction of sp³-hybridized carbons (Fsp3) is 0.385. The van der Waals surface area contributed by atoms with Crippen LogP contribution in [0.1, 0.15) is 103 Å². The minimum Gasteiger partial charge on any atom is -0.517 e. The summed E-state index contributed by atoms with van der Waals surface area (Å²) in [6, 6.07) is 26.8. The second kappa shape index (κ2) is 15.2. The third-order valence-corrected chi connectivity index (χ3v) is 10.4. The van der Waals surface area contributed by atoms with Crippen LogP contribution < -0.4 is 9.64 Å². The van der Waals surface area contributed by atoms with E-state index < -0.39 is 18.4 Å². The van der Waals surface area contributed by atoms with Crippen LogP contribution in [0.2, 0.25) is 0 Å². The fourth-order valence-corrected chi connectivity index (χ4v) is 8.49. The smallest absolute Gasteiger partial charge is 0.0145 e. The number of hydrogen-bond acceptors (Lipinski definition) is 4. The van der Waals surface area contributed by atoms with Crippen LogP contribution in [0.5, 0.6) is 5.75 Å². The Labute approximate surface area is 293 Å². The van der Waals surface area contributed by atoms with E-state index in [1.807, 2.05) is 13.8 Å². The Bertz CT molecular complexity index is 1730. The summed E-state index contributed by atoms with van der Waals surface area (Å²) in [4.78, 5) is 12.8. The van der Waals surface area contributed by atoms with Gasteiger partial charge in [-0.3, -0.25) is 0 Å². The van der Waals surface area contributed by atoms with Gasteiger partial charge in [-0.1, -0.05) is 101 Å². The summed E-state index contributed by atoms with van der Waals surface area (Å²) in [7, 11) is 11.6. The molecule has 1 atom stereocenters. The second-order valence-corrected chi connectivity index (χ2v) is 19.7. The van der Waals surface area contributed by atoms with Gasteiger partial charge < -0.3 is 4.90 Å². The molecule has 4 aromatic rings. The standard InChI is InChI=1S/C29H36N.C10H11NO3.2ClH.Ru/c1-20(2)23-15-11-16-24(21(3)4)27(23)30-19-29(7,18-28(30,5)6)26-17-10-13-22-12-8-9-14-25(22)26;1-7(2)14-10-5-4-9(11(12)13)6-8(10)3;;;/h8-17,19-21H,18H2,1-7H3;3-7H,1-2H3;2*1H;/q-1;;;;+2/p-2. The van der Waals surface area contributed by atoms with E-state index in [4.69, 9.17) is 24.1 Å². The maximum absolute atomic E-state index is 10.7. The van der Waals surface area contributed by atoms with E-state index in [-0.39, 0.29) is 22.7 Å². The van der Waals surface area contributed by atoms with Gasteiger partial charge in [0.15, 0.2) is 0 Å². The molecular weight excluding hydrogens is 716 g/mol. The summed E-state index contributed by atoms with van der Waals surface area (Å²) in [5, 5.41) is 13.4. The number of hydrogen-bond donors (Lipinski definition) is 0. The average molecular weight is 764 g/mol. The number of nitro groups is 1. The Kier molecular flexibility index (Phi) is 12.0. The third-order valence-electron chi connectivity index (χ3n) is 8.61. The van der Waals surface area contributed by atoms with Crippen molar-refractivity contribution in [3.63, 3.8) is 0 Å². The molecule has 1 fully saturated rings. The van der Waals surface area contributed by atoms with Gasteiger partial charge in [-0.2, -0.15) is 0 Å². The topological polar surface area (TPSA) is 55.6 Å². The van der Waals surface area contributed by atoms with Crippen LogP contribution in [0.15, 0.2) is 78.9 Å². The van der Waals surface area contributed by atoms with Crippen molar-refractivity contribution in [2.75, 3.05) is 4.90 Å². The van der Waals surface area contributed by atoms with Gasteiger partial charge in [0.1, 0.15) is 0 Å². The average Bonchev–Trinajstić information content (AvgIpc) is 3.25. The largest absolute Gasteiger partial charge is 0.517 e. The van der Waals surface area contributed by atoms with E-state index >= 15 is 0 Å².